The van der Waals surface area contributed by atoms with Gasteiger partial charge in [0.1, 0.15) is 0 Å². The van der Waals surface area contributed by atoms with Crippen molar-refractivity contribution in [1.29, 1.82) is 5.26 Å². The average Bonchev–Trinajstić information content (AvgIpc) is 2.23. The summed E-state index contributed by atoms with van der Waals surface area (Å²) in [4.78, 5) is 0. The van der Waals surface area contributed by atoms with Crippen molar-refractivity contribution >= 4 is 0 Å². The average molecular weight is 229 g/mol. The maximum absolute atomic E-state index is 9.54. The highest BCUT2D eigenvalue weighted by Crippen LogP contribution is 2.62. The van der Waals surface area contributed by atoms with E-state index in [0.29, 0.717) is 5.41 Å². The summed E-state index contributed by atoms with van der Waals surface area (Å²) in [7, 11) is 0. The Morgan fingerprint density at radius 2 is 1.59 bits per heavy atom. The van der Waals surface area contributed by atoms with E-state index in [4.69, 9.17) is 0 Å². The Morgan fingerprint density at radius 1 is 1.12 bits per heavy atom. The van der Waals surface area contributed by atoms with Crippen LogP contribution in [0.3, 0.4) is 0 Å². The molecular formula is C16H23N. The summed E-state index contributed by atoms with van der Waals surface area (Å²) in [6.07, 6.45) is 10.6. The highest BCUT2D eigenvalue weighted by molar-refractivity contribution is 5.16. The molecule has 1 atom stereocenters. The third-order valence-corrected chi connectivity index (χ3v) is 5.38. The van der Waals surface area contributed by atoms with Crippen molar-refractivity contribution in [2.24, 2.45) is 29.1 Å². The molecular weight excluding hydrogens is 206 g/mol. The molecule has 0 heterocycles. The Hall–Kier alpha value is -0.770. The quantitative estimate of drug-likeness (QED) is 0.647. The molecule has 0 aromatic heterocycles. The first-order chi connectivity index (χ1) is 8.11. The zero-order chi connectivity index (χ0) is 12.0. The summed E-state index contributed by atoms with van der Waals surface area (Å²) in [6.45, 7) is 4.26. The van der Waals surface area contributed by atoms with Crippen LogP contribution in [0, 0.1) is 40.4 Å². The van der Waals surface area contributed by atoms with Gasteiger partial charge >= 0.3 is 0 Å². The Kier molecular flexibility index (Phi) is 2.58. The number of hydrogen-bond donors (Lipinski definition) is 0. The summed E-state index contributed by atoms with van der Waals surface area (Å²) >= 11 is 0. The van der Waals surface area contributed by atoms with Gasteiger partial charge < -0.3 is 0 Å². The fourth-order valence-electron chi connectivity index (χ4n) is 5.24. The second-order valence-electron chi connectivity index (χ2n) is 7.13. The second-order valence-corrected chi connectivity index (χ2v) is 7.13. The van der Waals surface area contributed by atoms with E-state index in [2.05, 4.69) is 26.0 Å². The molecule has 0 spiro atoms. The molecule has 1 nitrogen and oxygen atoms in total. The van der Waals surface area contributed by atoms with Crippen molar-refractivity contribution in [3.8, 4) is 6.07 Å². The van der Waals surface area contributed by atoms with Crippen molar-refractivity contribution < 1.29 is 0 Å². The molecule has 0 aliphatic heterocycles. The fourth-order valence-corrected chi connectivity index (χ4v) is 5.24. The number of nitriles is 1. The largest absolute Gasteiger partial charge is 0.198 e. The second kappa shape index (κ2) is 3.87. The first-order valence-electron chi connectivity index (χ1n) is 7.16. The van der Waals surface area contributed by atoms with Gasteiger partial charge in [-0.25, -0.2) is 0 Å². The molecule has 0 aromatic carbocycles. The lowest BCUT2D eigenvalue weighted by molar-refractivity contribution is -0.0657. The van der Waals surface area contributed by atoms with Crippen LogP contribution in [-0.4, -0.2) is 0 Å². The van der Waals surface area contributed by atoms with E-state index in [0.717, 1.165) is 17.8 Å². The van der Waals surface area contributed by atoms with Crippen molar-refractivity contribution in [2.45, 2.75) is 52.4 Å². The first-order valence-corrected chi connectivity index (χ1v) is 7.16. The Bertz CT molecular complexity index is 346. The van der Waals surface area contributed by atoms with Gasteiger partial charge in [0.2, 0.25) is 0 Å². The molecule has 1 heteroatoms. The van der Waals surface area contributed by atoms with Crippen LogP contribution < -0.4 is 0 Å². The van der Waals surface area contributed by atoms with Gasteiger partial charge in [-0.1, -0.05) is 11.6 Å². The van der Waals surface area contributed by atoms with Gasteiger partial charge in [0, 0.05) is 0 Å². The molecule has 4 aliphatic rings. The Morgan fingerprint density at radius 3 is 1.94 bits per heavy atom. The van der Waals surface area contributed by atoms with Crippen molar-refractivity contribution in [1.82, 2.24) is 0 Å². The van der Waals surface area contributed by atoms with E-state index >= 15 is 0 Å². The predicted octanol–water partition coefficient (Wildman–Crippen LogP) is 4.31. The molecule has 92 valence electrons. The maximum Gasteiger partial charge on any atom is 0.0703 e. The normalized spacial score (nSPS) is 44.2. The zero-order valence-electron chi connectivity index (χ0n) is 11.1. The standard InChI is InChI=1S/C16H23N/c1-11(2)3-15(10-17)16-7-12-4-13(8-16)6-14(5-12)9-16/h3,12-15H,4-9H2,1-2H3. The lowest BCUT2D eigenvalue weighted by atomic mass is 9.46. The Balaban J connectivity index is 1.91. The molecule has 4 bridgehead atoms. The van der Waals surface area contributed by atoms with Crippen LogP contribution in [0.4, 0.5) is 0 Å². The third kappa shape index (κ3) is 1.82. The van der Waals surface area contributed by atoms with Gasteiger partial charge in [-0.15, -0.1) is 0 Å². The van der Waals surface area contributed by atoms with E-state index < -0.39 is 0 Å². The van der Waals surface area contributed by atoms with Gasteiger partial charge in [-0.2, -0.15) is 5.26 Å². The van der Waals surface area contributed by atoms with E-state index in [9.17, 15) is 5.26 Å². The Labute approximate surface area is 105 Å². The highest BCUT2D eigenvalue weighted by atomic mass is 14.6. The highest BCUT2D eigenvalue weighted by Gasteiger charge is 2.53. The lowest BCUT2D eigenvalue weighted by Crippen LogP contribution is -2.49. The number of nitrogens with zero attached hydrogens (tertiary/aromatic N) is 1. The number of rotatable bonds is 2. The molecule has 4 fully saturated rings. The minimum absolute atomic E-state index is 0.181. The summed E-state index contributed by atoms with van der Waals surface area (Å²) < 4.78 is 0. The van der Waals surface area contributed by atoms with Gasteiger partial charge in [0.15, 0.2) is 0 Å². The molecule has 0 aromatic rings. The van der Waals surface area contributed by atoms with Gasteiger partial charge in [-0.05, 0) is 75.5 Å². The first kappa shape index (κ1) is 11.3. The van der Waals surface area contributed by atoms with Gasteiger partial charge in [-0.3, -0.25) is 0 Å². The van der Waals surface area contributed by atoms with Crippen LogP contribution in [-0.2, 0) is 0 Å². The van der Waals surface area contributed by atoms with Crippen molar-refractivity contribution in [3.05, 3.63) is 11.6 Å². The zero-order valence-corrected chi connectivity index (χ0v) is 11.1. The molecule has 4 aliphatic carbocycles. The van der Waals surface area contributed by atoms with Crippen LogP contribution in [0.15, 0.2) is 11.6 Å². The summed E-state index contributed by atoms with van der Waals surface area (Å²) in [6, 6.07) is 2.61. The fraction of sp³-hybridized carbons (Fsp3) is 0.812. The van der Waals surface area contributed by atoms with Gasteiger partial charge in [0.05, 0.1) is 12.0 Å². The van der Waals surface area contributed by atoms with E-state index in [1.54, 1.807) is 0 Å². The van der Waals surface area contributed by atoms with Crippen LogP contribution >= 0.6 is 0 Å². The molecule has 0 radical (unpaired) electrons. The van der Waals surface area contributed by atoms with Crippen LogP contribution in [0.25, 0.3) is 0 Å². The molecule has 4 rings (SSSR count). The SMILES string of the molecule is CC(C)=CC(C#N)C12CC3CC(CC(C3)C1)C2. The van der Waals surface area contributed by atoms with Crippen LogP contribution in [0.2, 0.25) is 0 Å². The number of hydrogen-bond acceptors (Lipinski definition) is 1. The smallest absolute Gasteiger partial charge is 0.0703 e. The summed E-state index contributed by atoms with van der Waals surface area (Å²) in [5.41, 5.74) is 1.67. The predicted molar refractivity (Wildman–Crippen MR) is 69.1 cm³/mol. The van der Waals surface area contributed by atoms with E-state index in [1.165, 1.54) is 44.1 Å². The molecule has 17 heavy (non-hydrogen) atoms. The summed E-state index contributed by atoms with van der Waals surface area (Å²) in [5, 5.41) is 9.54. The van der Waals surface area contributed by atoms with Crippen molar-refractivity contribution in [2.75, 3.05) is 0 Å². The summed E-state index contributed by atoms with van der Waals surface area (Å²) in [5.74, 6) is 3.02. The molecule has 0 saturated heterocycles. The monoisotopic (exact) mass is 229 g/mol. The van der Waals surface area contributed by atoms with E-state index in [1.807, 2.05) is 0 Å². The third-order valence-electron chi connectivity index (χ3n) is 5.38. The van der Waals surface area contributed by atoms with Crippen LogP contribution in [0.5, 0.6) is 0 Å². The molecule has 4 saturated carbocycles. The maximum atomic E-state index is 9.54. The van der Waals surface area contributed by atoms with Crippen molar-refractivity contribution in [3.63, 3.8) is 0 Å². The minimum Gasteiger partial charge on any atom is -0.198 e. The van der Waals surface area contributed by atoms with E-state index in [-0.39, 0.29) is 5.92 Å². The van der Waals surface area contributed by atoms with Gasteiger partial charge in [0.25, 0.3) is 0 Å². The lowest BCUT2D eigenvalue weighted by Gasteiger charge is -2.58. The van der Waals surface area contributed by atoms with Crippen LogP contribution in [0.1, 0.15) is 52.4 Å². The minimum atomic E-state index is 0.181. The topological polar surface area (TPSA) is 23.8 Å². The molecule has 0 N–H and O–H groups in total. The molecule has 1 unspecified atom stereocenters. The number of allylic oxidation sites excluding steroid dienone is 2. The molecule has 0 amide bonds.